The molecule has 0 radical (unpaired) electrons. The summed E-state index contributed by atoms with van der Waals surface area (Å²) in [7, 11) is 0. The van der Waals surface area contributed by atoms with Crippen molar-refractivity contribution in [1.29, 1.82) is 0 Å². The minimum Gasteiger partial charge on any atom is -0.399 e. The van der Waals surface area contributed by atoms with Crippen molar-refractivity contribution in [3.05, 3.63) is 141 Å². The van der Waals surface area contributed by atoms with E-state index in [1.54, 1.807) is 84.9 Å². The Hall–Kier alpha value is -6.49. The van der Waals surface area contributed by atoms with Gasteiger partial charge in [0.15, 0.2) is 0 Å². The number of nitrogen functional groups attached to an aromatic ring is 1. The molecule has 6 rings (SSSR count). The highest BCUT2D eigenvalue weighted by molar-refractivity contribution is 6.06. The number of pyridine rings is 2. The molecule has 2 aromatic heterocycles. The first-order chi connectivity index (χ1) is 21.7. The molecule has 0 fully saturated rings. The van der Waals surface area contributed by atoms with Crippen molar-refractivity contribution in [2.24, 2.45) is 0 Å². The largest absolute Gasteiger partial charge is 0.399 e. The number of benzene rings is 4. The predicted molar refractivity (Wildman–Crippen MR) is 183 cm³/mol. The van der Waals surface area contributed by atoms with Crippen LogP contribution in [0.5, 0.6) is 0 Å². The monoisotopic (exact) mass is 616 g/mol. The summed E-state index contributed by atoms with van der Waals surface area (Å²) in [5.41, 5.74) is 8.63. The number of aromatic nitrogens is 2. The maximum atomic E-state index is 12.4. The summed E-state index contributed by atoms with van der Waals surface area (Å²) in [6, 6.07) is 27.6. The zero-order valence-corrected chi connectivity index (χ0v) is 24.0. The summed E-state index contributed by atoms with van der Waals surface area (Å²) in [6.45, 7) is 1.40. The van der Waals surface area contributed by atoms with Gasteiger partial charge >= 0.3 is 0 Å². The number of carbonyl (C=O) groups excluding carboxylic acids is 3. The second kappa shape index (κ2) is 14.3. The molecular formula is C35H32N6O5. The van der Waals surface area contributed by atoms with E-state index in [1.807, 2.05) is 12.1 Å². The number of carbonyl (C=O) groups is 3. The number of nitrogens with two attached hydrogens (primary N) is 1. The highest BCUT2D eigenvalue weighted by atomic mass is 16.2. The highest BCUT2D eigenvalue weighted by Gasteiger charge is 2.14. The van der Waals surface area contributed by atoms with Gasteiger partial charge in [-0.25, -0.2) is 0 Å². The van der Waals surface area contributed by atoms with Crippen LogP contribution in [0, 0.1) is 0 Å². The van der Waals surface area contributed by atoms with Crippen LogP contribution < -0.4 is 32.5 Å². The summed E-state index contributed by atoms with van der Waals surface area (Å²) in [5.74, 6) is -1.18. The first-order valence-electron chi connectivity index (χ1n) is 13.8. The zero-order chi connectivity index (χ0) is 31.9. The molecule has 2 heterocycles. The lowest BCUT2D eigenvalue weighted by molar-refractivity contribution is -0.114. The van der Waals surface area contributed by atoms with E-state index in [0.717, 1.165) is 0 Å². The standard InChI is InChI=1S/C18H15N3O3.C16H13N3O2.CH4/c1-11(22)20-12-5-4-6-13(9-12)21-18(24)15-10-19-16-8-3-2-7-14(16)17(15)23;17-10-4-3-5-11(8-10)19-16(21)13-9-18-14-7-2-1-6-12(14)15(13)20;/h2-10H,1H3,(H,19,23)(H,20,22)(H,21,24);1-9H,17H2,(H,18,20)(H,19,21);1H4. The molecule has 11 heteroatoms. The van der Waals surface area contributed by atoms with Crippen LogP contribution in [-0.2, 0) is 4.79 Å². The van der Waals surface area contributed by atoms with Crippen molar-refractivity contribution in [2.45, 2.75) is 14.4 Å². The molecule has 6 aromatic rings. The zero-order valence-electron chi connectivity index (χ0n) is 24.0. The first kappa shape index (κ1) is 32.4. The quantitative estimate of drug-likeness (QED) is 0.134. The van der Waals surface area contributed by atoms with Crippen LogP contribution in [0.3, 0.4) is 0 Å². The SMILES string of the molecule is C.CC(=O)Nc1cccc(NC(=O)c2c[nH]c3ccccc3c2=O)c1.Nc1cccc(NC(=O)c2c[nH]c3ccccc3c2=O)c1. The topological polar surface area (TPSA) is 179 Å². The Labute approximate surface area is 263 Å². The molecule has 0 aliphatic rings. The van der Waals surface area contributed by atoms with Gasteiger partial charge in [-0.15, -0.1) is 0 Å². The number of nitrogens with one attached hydrogen (secondary N) is 5. The van der Waals surface area contributed by atoms with Gasteiger partial charge in [-0.2, -0.15) is 0 Å². The highest BCUT2D eigenvalue weighted by Crippen LogP contribution is 2.17. The molecule has 3 amide bonds. The number of fused-ring (bicyclic) bond motifs is 2. The Kier molecular flexibility index (Phi) is 10.1. The molecule has 4 aromatic carbocycles. The lowest BCUT2D eigenvalue weighted by Crippen LogP contribution is -2.22. The predicted octanol–water partition coefficient (Wildman–Crippen LogP) is 5.74. The second-order valence-electron chi connectivity index (χ2n) is 9.95. The minimum absolute atomic E-state index is 0. The minimum atomic E-state index is -0.512. The van der Waals surface area contributed by atoms with E-state index >= 15 is 0 Å². The van der Waals surface area contributed by atoms with Gasteiger partial charge in [0.05, 0.1) is 0 Å². The van der Waals surface area contributed by atoms with Crippen molar-refractivity contribution in [3.63, 3.8) is 0 Å². The summed E-state index contributed by atoms with van der Waals surface area (Å²) >= 11 is 0. The third-order valence-electron chi connectivity index (χ3n) is 6.65. The molecule has 0 bridgehead atoms. The number of para-hydroxylation sites is 2. The van der Waals surface area contributed by atoms with Crippen molar-refractivity contribution in [2.75, 3.05) is 21.7 Å². The summed E-state index contributed by atoms with van der Waals surface area (Å²) < 4.78 is 0. The number of hydrogen-bond acceptors (Lipinski definition) is 6. The fraction of sp³-hybridized carbons (Fsp3) is 0.0571. The number of H-pyrrole nitrogens is 2. The first-order valence-corrected chi connectivity index (χ1v) is 13.8. The Balaban J connectivity index is 0.000000206. The Morgan fingerprint density at radius 1 is 0.587 bits per heavy atom. The van der Waals surface area contributed by atoms with E-state index < -0.39 is 11.8 Å². The third kappa shape index (κ3) is 7.53. The summed E-state index contributed by atoms with van der Waals surface area (Å²) in [4.78, 5) is 66.4. The van der Waals surface area contributed by atoms with Crippen LogP contribution in [0.15, 0.2) is 119 Å². The Bertz CT molecular complexity index is 2190. The fourth-order valence-corrected chi connectivity index (χ4v) is 4.56. The maximum Gasteiger partial charge on any atom is 0.261 e. The molecule has 0 aliphatic heterocycles. The van der Waals surface area contributed by atoms with Gasteiger partial charge in [-0.05, 0) is 60.7 Å². The second-order valence-corrected chi connectivity index (χ2v) is 9.95. The lowest BCUT2D eigenvalue weighted by Gasteiger charge is -2.08. The number of amides is 3. The average Bonchev–Trinajstić information content (AvgIpc) is 3.02. The van der Waals surface area contributed by atoms with Crippen LogP contribution in [0.25, 0.3) is 21.8 Å². The molecule has 0 saturated carbocycles. The van der Waals surface area contributed by atoms with E-state index in [0.29, 0.717) is 44.6 Å². The van der Waals surface area contributed by atoms with Crippen LogP contribution in [0.2, 0.25) is 0 Å². The van der Waals surface area contributed by atoms with Crippen molar-refractivity contribution in [3.8, 4) is 0 Å². The smallest absolute Gasteiger partial charge is 0.261 e. The van der Waals surface area contributed by atoms with Crippen molar-refractivity contribution < 1.29 is 14.4 Å². The summed E-state index contributed by atoms with van der Waals surface area (Å²) in [6.07, 6.45) is 2.82. The van der Waals surface area contributed by atoms with Crippen LogP contribution >= 0.6 is 0 Å². The molecule has 11 nitrogen and oxygen atoms in total. The van der Waals surface area contributed by atoms with E-state index in [-0.39, 0.29) is 35.3 Å². The number of anilines is 4. The van der Waals surface area contributed by atoms with Crippen LogP contribution in [-0.4, -0.2) is 27.7 Å². The number of hydrogen-bond donors (Lipinski definition) is 6. The van der Waals surface area contributed by atoms with Gasteiger partial charge in [0.1, 0.15) is 11.1 Å². The molecule has 0 saturated heterocycles. The van der Waals surface area contributed by atoms with Gasteiger partial charge in [0.2, 0.25) is 16.8 Å². The molecule has 232 valence electrons. The van der Waals surface area contributed by atoms with E-state index in [2.05, 4.69) is 25.9 Å². The fourth-order valence-electron chi connectivity index (χ4n) is 4.56. The maximum absolute atomic E-state index is 12.4. The average molecular weight is 617 g/mol. The molecular weight excluding hydrogens is 584 g/mol. The normalized spacial score (nSPS) is 10.2. The van der Waals surface area contributed by atoms with Gasteiger partial charge < -0.3 is 31.7 Å². The van der Waals surface area contributed by atoms with Gasteiger partial charge in [-0.3, -0.25) is 24.0 Å². The molecule has 0 unspecified atom stereocenters. The summed E-state index contributed by atoms with van der Waals surface area (Å²) in [5, 5.41) is 8.91. The van der Waals surface area contributed by atoms with Crippen molar-refractivity contribution in [1.82, 2.24) is 9.97 Å². The third-order valence-corrected chi connectivity index (χ3v) is 6.65. The van der Waals surface area contributed by atoms with E-state index in [1.165, 1.54) is 19.3 Å². The van der Waals surface area contributed by atoms with Gasteiger partial charge in [0.25, 0.3) is 11.8 Å². The van der Waals surface area contributed by atoms with Crippen LogP contribution in [0.4, 0.5) is 22.7 Å². The lowest BCUT2D eigenvalue weighted by atomic mass is 10.1. The van der Waals surface area contributed by atoms with Gasteiger partial charge in [0, 0.05) is 63.9 Å². The number of rotatable bonds is 5. The molecule has 0 atom stereocenters. The van der Waals surface area contributed by atoms with Crippen molar-refractivity contribution >= 4 is 62.3 Å². The molecule has 7 N–H and O–H groups in total. The van der Waals surface area contributed by atoms with Crippen LogP contribution in [0.1, 0.15) is 35.1 Å². The Morgan fingerprint density at radius 2 is 1.02 bits per heavy atom. The van der Waals surface area contributed by atoms with Gasteiger partial charge in [-0.1, -0.05) is 43.8 Å². The van der Waals surface area contributed by atoms with E-state index in [9.17, 15) is 24.0 Å². The van der Waals surface area contributed by atoms with E-state index in [4.69, 9.17) is 5.73 Å². The molecule has 46 heavy (non-hydrogen) atoms. The Morgan fingerprint density at radius 3 is 1.50 bits per heavy atom. The molecule has 0 aliphatic carbocycles. The molecule has 0 spiro atoms. The number of aromatic amines is 2.